The largest absolute Gasteiger partial charge is 0.326 e. The molecule has 0 aliphatic carbocycles. The molecule has 1 saturated heterocycles. The number of hydrogen-bond acceptors (Lipinski definition) is 5. The van der Waals surface area contributed by atoms with Gasteiger partial charge in [-0.3, -0.25) is 14.4 Å². The molecule has 5 rings (SSSR count). The predicted octanol–water partition coefficient (Wildman–Crippen LogP) is 2.80. The minimum absolute atomic E-state index is 0.0207. The SMILES string of the molecule is CC(=O)Nc1ccc(S(=O)(=O)N2C[C@@H]3C[C@H](C2)c2ccc(NC(=O)Cc4ccccc4)c(=O)n2C3)cc1. The Hall–Kier alpha value is -3.76. The van der Waals surface area contributed by atoms with Crippen molar-refractivity contribution in [1.29, 1.82) is 0 Å². The number of carbonyl (C=O) groups excluding carboxylic acids is 2. The molecule has 0 spiro atoms. The molecule has 1 fully saturated rings. The molecule has 2 aliphatic rings. The van der Waals surface area contributed by atoms with E-state index in [-0.39, 0.29) is 52.8 Å². The first-order valence-corrected chi connectivity index (χ1v) is 13.6. The molecule has 2 aliphatic heterocycles. The third kappa shape index (κ3) is 5.21. The van der Waals surface area contributed by atoms with Gasteiger partial charge in [0.05, 0.1) is 11.3 Å². The van der Waals surface area contributed by atoms with Gasteiger partial charge < -0.3 is 15.2 Å². The summed E-state index contributed by atoms with van der Waals surface area (Å²) in [6, 6.07) is 18.9. The summed E-state index contributed by atoms with van der Waals surface area (Å²) in [5.41, 5.74) is 2.13. The van der Waals surface area contributed by atoms with Gasteiger partial charge in [0, 0.05) is 43.9 Å². The molecule has 0 saturated carbocycles. The van der Waals surface area contributed by atoms with Gasteiger partial charge in [0.25, 0.3) is 5.56 Å². The van der Waals surface area contributed by atoms with Crippen molar-refractivity contribution in [2.45, 2.75) is 37.1 Å². The molecule has 2 N–H and O–H groups in total. The molecular weight excluding hydrogens is 492 g/mol. The summed E-state index contributed by atoms with van der Waals surface area (Å²) >= 11 is 0. The van der Waals surface area contributed by atoms with Crippen LogP contribution in [0.3, 0.4) is 0 Å². The van der Waals surface area contributed by atoms with Gasteiger partial charge in [0.15, 0.2) is 0 Å². The summed E-state index contributed by atoms with van der Waals surface area (Å²) < 4.78 is 29.9. The van der Waals surface area contributed by atoms with Crippen molar-refractivity contribution >= 4 is 33.2 Å². The van der Waals surface area contributed by atoms with E-state index in [0.717, 1.165) is 17.7 Å². The summed E-state index contributed by atoms with van der Waals surface area (Å²) in [5, 5.41) is 5.37. The average Bonchev–Trinajstić information content (AvgIpc) is 2.86. The number of amides is 2. The Morgan fingerprint density at radius 3 is 2.35 bits per heavy atom. The Morgan fingerprint density at radius 2 is 1.65 bits per heavy atom. The minimum atomic E-state index is -3.74. The van der Waals surface area contributed by atoms with Crippen molar-refractivity contribution in [1.82, 2.24) is 8.87 Å². The Balaban J connectivity index is 1.33. The zero-order chi connectivity index (χ0) is 26.2. The minimum Gasteiger partial charge on any atom is -0.326 e. The van der Waals surface area contributed by atoms with Crippen LogP contribution in [0.15, 0.2) is 76.4 Å². The molecule has 2 amide bonds. The van der Waals surface area contributed by atoms with Crippen molar-refractivity contribution in [3.05, 3.63) is 88.3 Å². The predicted molar refractivity (Wildman–Crippen MR) is 140 cm³/mol. The van der Waals surface area contributed by atoms with Crippen molar-refractivity contribution in [3.63, 3.8) is 0 Å². The standard InChI is InChI=1S/C27H28N4O5S/c1-18(32)28-22-7-9-23(10-8-22)37(35,36)30-15-20-13-21(17-30)25-12-11-24(27(34)31(25)16-20)29-26(33)14-19-5-3-2-4-6-19/h2-12,20-21H,13-17H2,1H3,(H,28,32)(H,29,33)/t20-,21+/m0/s1. The molecule has 0 unspecified atom stereocenters. The van der Waals surface area contributed by atoms with E-state index in [1.165, 1.54) is 23.4 Å². The lowest BCUT2D eigenvalue weighted by Crippen LogP contribution is -2.49. The molecule has 9 nitrogen and oxygen atoms in total. The van der Waals surface area contributed by atoms with Gasteiger partial charge in [0.2, 0.25) is 21.8 Å². The van der Waals surface area contributed by atoms with Crippen LogP contribution in [0.1, 0.15) is 30.5 Å². The first-order valence-electron chi connectivity index (χ1n) is 12.2. The van der Waals surface area contributed by atoms with Crippen LogP contribution in [0.4, 0.5) is 11.4 Å². The van der Waals surface area contributed by atoms with E-state index in [9.17, 15) is 22.8 Å². The molecular formula is C27H28N4O5S. The van der Waals surface area contributed by atoms with Crippen LogP contribution in [0.25, 0.3) is 0 Å². The number of sulfonamides is 1. The highest BCUT2D eigenvalue weighted by atomic mass is 32.2. The number of nitrogens with one attached hydrogen (secondary N) is 2. The van der Waals surface area contributed by atoms with Crippen LogP contribution in [-0.2, 0) is 32.6 Å². The Labute approximate surface area is 215 Å². The van der Waals surface area contributed by atoms with E-state index in [1.54, 1.807) is 22.8 Å². The molecule has 1 aromatic heterocycles. The quantitative estimate of drug-likeness (QED) is 0.518. The average molecular weight is 521 g/mol. The van der Waals surface area contributed by atoms with Gasteiger partial charge >= 0.3 is 0 Å². The van der Waals surface area contributed by atoms with Crippen LogP contribution in [0.2, 0.25) is 0 Å². The number of carbonyl (C=O) groups is 2. The number of benzene rings is 2. The van der Waals surface area contributed by atoms with Crippen molar-refractivity contribution in [2.24, 2.45) is 5.92 Å². The normalized spacial score (nSPS) is 19.1. The maximum atomic E-state index is 13.4. The van der Waals surface area contributed by atoms with Gasteiger partial charge in [-0.1, -0.05) is 30.3 Å². The lowest BCUT2D eigenvalue weighted by atomic mass is 9.84. The van der Waals surface area contributed by atoms with Crippen molar-refractivity contribution in [2.75, 3.05) is 23.7 Å². The van der Waals surface area contributed by atoms with Gasteiger partial charge in [0.1, 0.15) is 5.69 Å². The smallest absolute Gasteiger partial charge is 0.274 e. The highest BCUT2D eigenvalue weighted by Crippen LogP contribution is 2.37. The van der Waals surface area contributed by atoms with Crippen LogP contribution in [-0.4, -0.2) is 42.2 Å². The lowest BCUT2D eigenvalue weighted by Gasteiger charge is -2.42. The second-order valence-corrected chi connectivity index (χ2v) is 11.6. The van der Waals surface area contributed by atoms with Crippen LogP contribution in [0.5, 0.6) is 0 Å². The zero-order valence-electron chi connectivity index (χ0n) is 20.4. The van der Waals surface area contributed by atoms with E-state index in [1.807, 2.05) is 36.4 Å². The number of pyridine rings is 1. The van der Waals surface area contributed by atoms with E-state index in [2.05, 4.69) is 10.6 Å². The van der Waals surface area contributed by atoms with Crippen LogP contribution >= 0.6 is 0 Å². The van der Waals surface area contributed by atoms with E-state index in [4.69, 9.17) is 0 Å². The fourth-order valence-electron chi connectivity index (χ4n) is 5.23. The maximum absolute atomic E-state index is 13.4. The first-order chi connectivity index (χ1) is 17.7. The molecule has 3 heterocycles. The summed E-state index contributed by atoms with van der Waals surface area (Å²) in [6.07, 6.45) is 0.971. The first kappa shape index (κ1) is 24.9. The maximum Gasteiger partial charge on any atom is 0.274 e. The highest BCUT2D eigenvalue weighted by molar-refractivity contribution is 7.89. The van der Waals surface area contributed by atoms with E-state index >= 15 is 0 Å². The number of anilines is 2. The molecule has 192 valence electrons. The Bertz CT molecular complexity index is 1500. The fourth-order valence-corrected chi connectivity index (χ4v) is 6.79. The van der Waals surface area contributed by atoms with E-state index in [0.29, 0.717) is 18.8 Å². The van der Waals surface area contributed by atoms with Crippen molar-refractivity contribution < 1.29 is 18.0 Å². The van der Waals surface area contributed by atoms with Gasteiger partial charge in [-0.25, -0.2) is 8.42 Å². The number of aromatic nitrogens is 1. The number of rotatable bonds is 6. The monoisotopic (exact) mass is 520 g/mol. The molecule has 37 heavy (non-hydrogen) atoms. The molecule has 2 bridgehead atoms. The van der Waals surface area contributed by atoms with Crippen LogP contribution in [0, 0.1) is 5.92 Å². The summed E-state index contributed by atoms with van der Waals surface area (Å²) in [6.45, 7) is 2.36. The molecule has 10 heteroatoms. The zero-order valence-corrected chi connectivity index (χ0v) is 21.2. The summed E-state index contributed by atoms with van der Waals surface area (Å²) in [7, 11) is -3.74. The van der Waals surface area contributed by atoms with Gasteiger partial charge in [-0.15, -0.1) is 0 Å². The van der Waals surface area contributed by atoms with Crippen molar-refractivity contribution in [3.8, 4) is 0 Å². The van der Waals surface area contributed by atoms with Gasteiger partial charge in [-0.05, 0) is 54.3 Å². The molecule has 0 radical (unpaired) electrons. The molecule has 2 atom stereocenters. The molecule has 2 aromatic carbocycles. The number of fused-ring (bicyclic) bond motifs is 4. The van der Waals surface area contributed by atoms with Gasteiger partial charge in [-0.2, -0.15) is 4.31 Å². The second-order valence-electron chi connectivity index (χ2n) is 9.62. The van der Waals surface area contributed by atoms with Crippen LogP contribution < -0.4 is 16.2 Å². The number of piperidine rings is 1. The third-order valence-electron chi connectivity index (χ3n) is 6.86. The summed E-state index contributed by atoms with van der Waals surface area (Å²) in [4.78, 5) is 37.1. The highest BCUT2D eigenvalue weighted by Gasteiger charge is 2.39. The Morgan fingerprint density at radius 1 is 0.919 bits per heavy atom. The number of nitrogens with zero attached hydrogens (tertiary/aromatic N) is 2. The Kier molecular flexibility index (Phi) is 6.70. The third-order valence-corrected chi connectivity index (χ3v) is 8.71. The second kappa shape index (κ2) is 9.95. The van der Waals surface area contributed by atoms with E-state index < -0.39 is 10.0 Å². The lowest BCUT2D eigenvalue weighted by molar-refractivity contribution is -0.116. The summed E-state index contributed by atoms with van der Waals surface area (Å²) in [5.74, 6) is -0.635. The topological polar surface area (TPSA) is 118 Å². The number of hydrogen-bond donors (Lipinski definition) is 2. The fraction of sp³-hybridized carbons (Fsp3) is 0.296. The molecule has 3 aromatic rings.